The summed E-state index contributed by atoms with van der Waals surface area (Å²) in [4.78, 5) is 25.7. The molecule has 0 aliphatic carbocycles. The standard InChI is InChI=1S/C17H24N2O3/c1-13-8-14(2)11-19(10-13)17(21)9-18-16(20)12-22-15-6-4-3-5-7-15/h3-7,13-14H,8-12H2,1-2H3,(H,18,20). The lowest BCUT2D eigenvalue weighted by Crippen LogP contribution is -2.47. The molecule has 1 aromatic carbocycles. The van der Waals surface area contributed by atoms with Crippen LogP contribution in [0, 0.1) is 11.8 Å². The van der Waals surface area contributed by atoms with Crippen LogP contribution in [-0.2, 0) is 9.59 Å². The molecule has 2 amide bonds. The Morgan fingerprint density at radius 1 is 1.18 bits per heavy atom. The van der Waals surface area contributed by atoms with Crippen molar-refractivity contribution < 1.29 is 14.3 Å². The van der Waals surface area contributed by atoms with E-state index in [1.165, 1.54) is 0 Å². The second-order valence-electron chi connectivity index (χ2n) is 6.12. The SMILES string of the molecule is CC1CC(C)CN(C(=O)CNC(=O)COc2ccccc2)C1. The number of rotatable bonds is 5. The molecule has 1 aliphatic rings. The van der Waals surface area contributed by atoms with Gasteiger partial charge in [0.25, 0.3) is 5.91 Å². The first-order valence-corrected chi connectivity index (χ1v) is 7.77. The maximum absolute atomic E-state index is 12.1. The van der Waals surface area contributed by atoms with Crippen molar-refractivity contribution in [2.24, 2.45) is 11.8 Å². The predicted molar refractivity (Wildman–Crippen MR) is 84.5 cm³/mol. The Hall–Kier alpha value is -2.04. The molecule has 0 aromatic heterocycles. The molecule has 1 fully saturated rings. The van der Waals surface area contributed by atoms with Gasteiger partial charge in [0.1, 0.15) is 5.75 Å². The number of carbonyl (C=O) groups excluding carboxylic acids is 2. The van der Waals surface area contributed by atoms with E-state index in [1.807, 2.05) is 23.1 Å². The lowest BCUT2D eigenvalue weighted by Gasteiger charge is -2.35. The summed E-state index contributed by atoms with van der Waals surface area (Å²) in [6, 6.07) is 9.14. The molecule has 0 radical (unpaired) electrons. The molecule has 5 heteroatoms. The third kappa shape index (κ3) is 5.06. The maximum Gasteiger partial charge on any atom is 0.258 e. The molecule has 5 nitrogen and oxygen atoms in total. The number of para-hydroxylation sites is 1. The van der Waals surface area contributed by atoms with Crippen molar-refractivity contribution >= 4 is 11.8 Å². The van der Waals surface area contributed by atoms with Crippen molar-refractivity contribution in [1.82, 2.24) is 10.2 Å². The number of ether oxygens (including phenoxy) is 1. The van der Waals surface area contributed by atoms with E-state index in [1.54, 1.807) is 12.1 Å². The van der Waals surface area contributed by atoms with Gasteiger partial charge in [0.05, 0.1) is 6.54 Å². The average Bonchev–Trinajstić information content (AvgIpc) is 2.50. The van der Waals surface area contributed by atoms with Gasteiger partial charge in [-0.2, -0.15) is 0 Å². The first-order chi connectivity index (χ1) is 10.5. The molecule has 1 heterocycles. The minimum absolute atomic E-state index is 0.0218. The fourth-order valence-electron chi connectivity index (χ4n) is 2.87. The summed E-state index contributed by atoms with van der Waals surface area (Å²) in [6.07, 6.45) is 1.15. The lowest BCUT2D eigenvalue weighted by atomic mass is 9.92. The van der Waals surface area contributed by atoms with Gasteiger partial charge in [-0.15, -0.1) is 0 Å². The maximum atomic E-state index is 12.1. The van der Waals surface area contributed by atoms with Crippen LogP contribution in [0.15, 0.2) is 30.3 Å². The van der Waals surface area contributed by atoms with Gasteiger partial charge in [0.2, 0.25) is 5.91 Å². The van der Waals surface area contributed by atoms with Crippen molar-refractivity contribution in [3.8, 4) is 5.75 Å². The quantitative estimate of drug-likeness (QED) is 0.900. The van der Waals surface area contributed by atoms with Crippen molar-refractivity contribution in [3.05, 3.63) is 30.3 Å². The van der Waals surface area contributed by atoms with Gasteiger partial charge >= 0.3 is 0 Å². The van der Waals surface area contributed by atoms with Gasteiger partial charge < -0.3 is 15.0 Å². The first-order valence-electron chi connectivity index (χ1n) is 7.77. The zero-order valence-electron chi connectivity index (χ0n) is 13.2. The molecular weight excluding hydrogens is 280 g/mol. The van der Waals surface area contributed by atoms with Crippen LogP contribution in [0.4, 0.5) is 0 Å². The van der Waals surface area contributed by atoms with E-state index in [0.717, 1.165) is 19.5 Å². The van der Waals surface area contributed by atoms with Crippen molar-refractivity contribution in [2.45, 2.75) is 20.3 Å². The molecule has 1 aliphatic heterocycles. The van der Waals surface area contributed by atoms with E-state index in [9.17, 15) is 9.59 Å². The number of likely N-dealkylation sites (tertiary alicyclic amines) is 1. The number of hydrogen-bond donors (Lipinski definition) is 1. The summed E-state index contributed by atoms with van der Waals surface area (Å²) in [5.41, 5.74) is 0. The first kappa shape index (κ1) is 16.3. The Morgan fingerprint density at radius 2 is 1.82 bits per heavy atom. The summed E-state index contributed by atoms with van der Waals surface area (Å²) in [7, 11) is 0. The van der Waals surface area contributed by atoms with E-state index in [2.05, 4.69) is 19.2 Å². The van der Waals surface area contributed by atoms with E-state index < -0.39 is 0 Å². The number of carbonyl (C=O) groups is 2. The Kier molecular flexibility index (Phi) is 5.81. The highest BCUT2D eigenvalue weighted by Crippen LogP contribution is 2.20. The number of benzene rings is 1. The normalized spacial score (nSPS) is 21.3. The minimum atomic E-state index is -0.282. The smallest absolute Gasteiger partial charge is 0.258 e. The minimum Gasteiger partial charge on any atom is -0.484 e. The highest BCUT2D eigenvalue weighted by molar-refractivity contribution is 5.85. The zero-order valence-corrected chi connectivity index (χ0v) is 13.2. The van der Waals surface area contributed by atoms with E-state index >= 15 is 0 Å². The molecule has 22 heavy (non-hydrogen) atoms. The van der Waals surface area contributed by atoms with Crippen molar-refractivity contribution in [1.29, 1.82) is 0 Å². The lowest BCUT2D eigenvalue weighted by molar-refractivity contribution is -0.135. The molecule has 2 atom stereocenters. The van der Waals surface area contributed by atoms with Crippen LogP contribution >= 0.6 is 0 Å². The summed E-state index contributed by atoms with van der Waals surface area (Å²) < 4.78 is 5.34. The summed E-state index contributed by atoms with van der Waals surface area (Å²) in [5.74, 6) is 1.37. The third-order valence-electron chi connectivity index (χ3n) is 3.77. The number of amides is 2. The molecule has 2 unspecified atom stereocenters. The summed E-state index contributed by atoms with van der Waals surface area (Å²) in [5, 5.41) is 2.62. The van der Waals surface area contributed by atoms with Gasteiger partial charge in [0, 0.05) is 13.1 Å². The van der Waals surface area contributed by atoms with E-state index in [-0.39, 0.29) is 25.0 Å². The van der Waals surface area contributed by atoms with Crippen LogP contribution in [0.3, 0.4) is 0 Å². The van der Waals surface area contributed by atoms with Crippen molar-refractivity contribution in [2.75, 3.05) is 26.2 Å². The van der Waals surface area contributed by atoms with Gasteiger partial charge in [0.15, 0.2) is 6.61 Å². The molecule has 0 saturated carbocycles. The molecule has 1 N–H and O–H groups in total. The molecule has 120 valence electrons. The molecule has 0 spiro atoms. The summed E-state index contributed by atoms with van der Waals surface area (Å²) in [6.45, 7) is 5.82. The molecule has 1 aromatic rings. The van der Waals surface area contributed by atoms with E-state index in [4.69, 9.17) is 4.74 Å². The third-order valence-corrected chi connectivity index (χ3v) is 3.77. The Balaban J connectivity index is 1.70. The van der Waals surface area contributed by atoms with Crippen LogP contribution in [0.25, 0.3) is 0 Å². The summed E-state index contributed by atoms with van der Waals surface area (Å²) >= 11 is 0. The molecule has 2 rings (SSSR count). The van der Waals surface area contributed by atoms with Gasteiger partial charge in [-0.05, 0) is 30.4 Å². The van der Waals surface area contributed by atoms with E-state index in [0.29, 0.717) is 17.6 Å². The second-order valence-corrected chi connectivity index (χ2v) is 6.12. The topological polar surface area (TPSA) is 58.6 Å². The molecular formula is C17H24N2O3. The zero-order chi connectivity index (χ0) is 15.9. The molecule has 1 saturated heterocycles. The van der Waals surface area contributed by atoms with Gasteiger partial charge in [-0.3, -0.25) is 9.59 Å². The van der Waals surface area contributed by atoms with Crippen molar-refractivity contribution in [3.63, 3.8) is 0 Å². The highest BCUT2D eigenvalue weighted by atomic mass is 16.5. The predicted octanol–water partition coefficient (Wildman–Crippen LogP) is 1.69. The van der Waals surface area contributed by atoms with Gasteiger partial charge in [-0.25, -0.2) is 0 Å². The van der Waals surface area contributed by atoms with Gasteiger partial charge in [-0.1, -0.05) is 32.0 Å². The highest BCUT2D eigenvalue weighted by Gasteiger charge is 2.25. The van der Waals surface area contributed by atoms with Crippen LogP contribution in [0.5, 0.6) is 5.75 Å². The number of hydrogen-bond acceptors (Lipinski definition) is 3. The fourth-order valence-corrected chi connectivity index (χ4v) is 2.87. The number of nitrogens with one attached hydrogen (secondary N) is 1. The number of piperidine rings is 1. The average molecular weight is 304 g/mol. The Bertz CT molecular complexity index is 494. The number of nitrogens with zero attached hydrogens (tertiary/aromatic N) is 1. The van der Waals surface area contributed by atoms with Crippen LogP contribution < -0.4 is 10.1 Å². The Morgan fingerprint density at radius 3 is 2.45 bits per heavy atom. The van der Waals surface area contributed by atoms with Crippen LogP contribution in [0.2, 0.25) is 0 Å². The second kappa shape index (κ2) is 7.82. The fraction of sp³-hybridized carbons (Fsp3) is 0.529. The van der Waals surface area contributed by atoms with Crippen LogP contribution in [0.1, 0.15) is 20.3 Å². The van der Waals surface area contributed by atoms with Crippen LogP contribution in [-0.4, -0.2) is 43.0 Å². The largest absolute Gasteiger partial charge is 0.484 e. The Labute approximate surface area is 131 Å². The monoisotopic (exact) mass is 304 g/mol. The molecule has 0 bridgehead atoms.